The second-order valence-corrected chi connectivity index (χ2v) is 4.81. The van der Waals surface area contributed by atoms with Crippen LogP contribution in [0.2, 0.25) is 5.22 Å². The molecule has 0 fully saturated rings. The molecule has 0 radical (unpaired) electrons. The van der Waals surface area contributed by atoms with Crippen LogP contribution in [0, 0.1) is 6.92 Å². The van der Waals surface area contributed by atoms with E-state index in [2.05, 4.69) is 0 Å². The molecule has 0 saturated carbocycles. The first-order valence-corrected chi connectivity index (χ1v) is 5.30. The van der Waals surface area contributed by atoms with Crippen LogP contribution < -0.4 is 0 Å². The molecule has 11 heavy (non-hydrogen) atoms. The largest absolute Gasteiger partial charge is 0.449 e. The van der Waals surface area contributed by atoms with Crippen molar-refractivity contribution in [3.63, 3.8) is 0 Å². The van der Waals surface area contributed by atoms with E-state index >= 15 is 0 Å². The van der Waals surface area contributed by atoms with Crippen molar-refractivity contribution in [2.24, 2.45) is 0 Å². The fourth-order valence-corrected chi connectivity index (χ4v) is 2.11. The molecule has 0 bridgehead atoms. The smallest absolute Gasteiger partial charge is 0.266 e. The molecule has 0 aromatic carbocycles. The Morgan fingerprint density at radius 2 is 2.09 bits per heavy atom. The van der Waals surface area contributed by atoms with E-state index in [1.807, 2.05) is 0 Å². The van der Waals surface area contributed by atoms with Crippen LogP contribution in [0.5, 0.6) is 0 Å². The Bertz CT molecular complexity index is 365. The lowest BCUT2D eigenvalue weighted by atomic mass is 10.5. The normalized spacial score (nSPS) is 11.9. The molecule has 62 valence electrons. The van der Waals surface area contributed by atoms with Crippen molar-refractivity contribution < 1.29 is 12.8 Å². The van der Waals surface area contributed by atoms with Gasteiger partial charge in [0.25, 0.3) is 9.05 Å². The second-order valence-electron chi connectivity index (χ2n) is 1.93. The molecule has 0 saturated heterocycles. The molecule has 1 aromatic rings. The van der Waals surface area contributed by atoms with Crippen LogP contribution in [0.25, 0.3) is 0 Å². The van der Waals surface area contributed by atoms with Gasteiger partial charge in [-0.1, -0.05) is 0 Å². The Balaban J connectivity index is 3.36. The third-order valence-electron chi connectivity index (χ3n) is 1.04. The van der Waals surface area contributed by atoms with E-state index in [4.69, 9.17) is 26.7 Å². The maximum absolute atomic E-state index is 10.7. The zero-order valence-corrected chi connectivity index (χ0v) is 7.79. The predicted molar refractivity (Wildman–Crippen MR) is 41.5 cm³/mol. The van der Waals surface area contributed by atoms with Crippen molar-refractivity contribution in [3.05, 3.63) is 17.0 Å². The third-order valence-corrected chi connectivity index (χ3v) is 2.76. The standard InChI is InChI=1S/C5H4Cl2O3S/c1-3-2-4(5(6)10-3)11(7,8)9/h2H,1H3. The summed E-state index contributed by atoms with van der Waals surface area (Å²) in [6, 6.07) is 1.27. The number of furan rings is 1. The maximum atomic E-state index is 10.7. The molecule has 1 aromatic heterocycles. The van der Waals surface area contributed by atoms with Gasteiger partial charge in [-0.3, -0.25) is 0 Å². The summed E-state index contributed by atoms with van der Waals surface area (Å²) < 4.78 is 26.1. The molecule has 0 N–H and O–H groups in total. The molecular weight excluding hydrogens is 211 g/mol. The highest BCUT2D eigenvalue weighted by Gasteiger charge is 2.18. The van der Waals surface area contributed by atoms with Gasteiger partial charge in [0.05, 0.1) is 0 Å². The van der Waals surface area contributed by atoms with Crippen molar-refractivity contribution in [2.45, 2.75) is 11.8 Å². The highest BCUT2D eigenvalue weighted by Crippen LogP contribution is 2.27. The second kappa shape index (κ2) is 2.69. The highest BCUT2D eigenvalue weighted by molar-refractivity contribution is 8.13. The number of hydrogen-bond donors (Lipinski definition) is 0. The SMILES string of the molecule is Cc1cc(S(=O)(=O)Cl)c(Cl)o1. The van der Waals surface area contributed by atoms with Crippen LogP contribution in [-0.2, 0) is 9.05 Å². The summed E-state index contributed by atoms with van der Waals surface area (Å²) in [4.78, 5) is -0.182. The average molecular weight is 215 g/mol. The van der Waals surface area contributed by atoms with Crippen LogP contribution >= 0.6 is 22.3 Å². The van der Waals surface area contributed by atoms with E-state index in [1.165, 1.54) is 6.07 Å². The molecule has 1 heterocycles. The van der Waals surface area contributed by atoms with E-state index in [0.29, 0.717) is 5.76 Å². The molecule has 0 atom stereocenters. The van der Waals surface area contributed by atoms with Gasteiger partial charge in [-0.2, -0.15) is 0 Å². The van der Waals surface area contributed by atoms with Gasteiger partial charge < -0.3 is 4.42 Å². The molecule has 1 rings (SSSR count). The number of aryl methyl sites for hydroxylation is 1. The fourth-order valence-electron chi connectivity index (χ4n) is 0.629. The van der Waals surface area contributed by atoms with Gasteiger partial charge in [-0.15, -0.1) is 0 Å². The quantitative estimate of drug-likeness (QED) is 0.674. The van der Waals surface area contributed by atoms with Crippen LogP contribution in [-0.4, -0.2) is 8.42 Å². The highest BCUT2D eigenvalue weighted by atomic mass is 35.7. The van der Waals surface area contributed by atoms with Gasteiger partial charge in [0, 0.05) is 16.7 Å². The number of hydrogen-bond acceptors (Lipinski definition) is 3. The summed E-state index contributed by atoms with van der Waals surface area (Å²) in [7, 11) is 1.24. The molecular formula is C5H4Cl2O3S. The van der Waals surface area contributed by atoms with E-state index in [1.54, 1.807) is 6.92 Å². The van der Waals surface area contributed by atoms with Crippen LogP contribution in [0.15, 0.2) is 15.4 Å². The van der Waals surface area contributed by atoms with Crippen LogP contribution in [0.1, 0.15) is 5.76 Å². The van der Waals surface area contributed by atoms with Gasteiger partial charge in [0.1, 0.15) is 10.7 Å². The summed E-state index contributed by atoms with van der Waals surface area (Å²) in [5, 5.41) is -0.197. The lowest BCUT2D eigenvalue weighted by Crippen LogP contribution is -1.86. The zero-order valence-electron chi connectivity index (χ0n) is 5.47. The Labute approximate surface area is 73.3 Å². The Morgan fingerprint density at radius 1 is 1.55 bits per heavy atom. The molecule has 0 aliphatic heterocycles. The fraction of sp³-hybridized carbons (Fsp3) is 0.200. The third kappa shape index (κ3) is 1.89. The van der Waals surface area contributed by atoms with Crippen molar-refractivity contribution >= 4 is 31.3 Å². The summed E-state index contributed by atoms with van der Waals surface area (Å²) in [5.74, 6) is 0.411. The minimum atomic E-state index is -3.77. The van der Waals surface area contributed by atoms with E-state index in [0.717, 1.165) is 0 Å². The summed E-state index contributed by atoms with van der Waals surface area (Å²) in [5.41, 5.74) is 0. The van der Waals surface area contributed by atoms with E-state index in [-0.39, 0.29) is 10.1 Å². The van der Waals surface area contributed by atoms with Gasteiger partial charge in [0.2, 0.25) is 5.22 Å². The van der Waals surface area contributed by atoms with Crippen molar-refractivity contribution in [3.8, 4) is 0 Å². The molecule has 0 aliphatic carbocycles. The molecule has 3 nitrogen and oxygen atoms in total. The monoisotopic (exact) mass is 214 g/mol. The van der Waals surface area contributed by atoms with Gasteiger partial charge >= 0.3 is 0 Å². The van der Waals surface area contributed by atoms with Crippen molar-refractivity contribution in [1.29, 1.82) is 0 Å². The predicted octanol–water partition coefficient (Wildman–Crippen LogP) is 2.17. The molecule has 0 aliphatic rings. The maximum Gasteiger partial charge on any atom is 0.266 e. The average Bonchev–Trinajstić information content (AvgIpc) is 2.08. The van der Waals surface area contributed by atoms with E-state index < -0.39 is 9.05 Å². The Kier molecular flexibility index (Phi) is 2.18. The van der Waals surface area contributed by atoms with Crippen molar-refractivity contribution in [2.75, 3.05) is 0 Å². The van der Waals surface area contributed by atoms with E-state index in [9.17, 15) is 8.42 Å². The molecule has 6 heteroatoms. The van der Waals surface area contributed by atoms with Gasteiger partial charge in [0.15, 0.2) is 0 Å². The first kappa shape index (κ1) is 8.90. The van der Waals surface area contributed by atoms with Crippen molar-refractivity contribution in [1.82, 2.24) is 0 Å². The number of halogens is 2. The summed E-state index contributed by atoms with van der Waals surface area (Å²) >= 11 is 5.40. The zero-order chi connectivity index (χ0) is 8.65. The lowest BCUT2D eigenvalue weighted by Gasteiger charge is -1.86. The molecule has 0 spiro atoms. The molecule has 0 unspecified atom stereocenters. The Morgan fingerprint density at radius 3 is 2.27 bits per heavy atom. The number of rotatable bonds is 1. The Hall–Kier alpha value is -0.190. The van der Waals surface area contributed by atoms with Crippen LogP contribution in [0.3, 0.4) is 0 Å². The topological polar surface area (TPSA) is 47.3 Å². The minimum Gasteiger partial charge on any atom is -0.449 e. The van der Waals surface area contributed by atoms with Gasteiger partial charge in [-0.05, 0) is 18.5 Å². The lowest BCUT2D eigenvalue weighted by molar-refractivity contribution is 0.530. The molecule has 0 amide bonds. The minimum absolute atomic E-state index is 0.182. The van der Waals surface area contributed by atoms with Crippen LogP contribution in [0.4, 0.5) is 0 Å². The first-order chi connectivity index (χ1) is 4.91. The van der Waals surface area contributed by atoms with Gasteiger partial charge in [-0.25, -0.2) is 8.42 Å². The summed E-state index contributed by atoms with van der Waals surface area (Å²) in [6.07, 6.45) is 0. The summed E-state index contributed by atoms with van der Waals surface area (Å²) in [6.45, 7) is 1.58. The first-order valence-electron chi connectivity index (χ1n) is 2.62.